The molecule has 0 radical (unpaired) electrons. The zero-order valence-corrected chi connectivity index (χ0v) is 18.1. The van der Waals surface area contributed by atoms with Gasteiger partial charge in [-0.3, -0.25) is 14.2 Å². The molecule has 6 heteroatoms. The molecule has 0 saturated heterocycles. The molecule has 3 aromatic rings. The molecule has 0 aliphatic carbocycles. The average Bonchev–Trinajstić information content (AvgIpc) is 2.72. The van der Waals surface area contributed by atoms with Crippen molar-refractivity contribution in [2.75, 3.05) is 0 Å². The van der Waals surface area contributed by atoms with Crippen LogP contribution in [0.4, 0.5) is 0 Å². The van der Waals surface area contributed by atoms with Crippen LogP contribution < -0.4 is 10.9 Å². The second-order valence-corrected chi connectivity index (χ2v) is 8.62. The van der Waals surface area contributed by atoms with Gasteiger partial charge in [-0.25, -0.2) is 4.98 Å². The molecule has 2 atom stereocenters. The number of aromatic nitrogens is 2. The van der Waals surface area contributed by atoms with Gasteiger partial charge in [-0.05, 0) is 44.9 Å². The van der Waals surface area contributed by atoms with Crippen LogP contribution in [0.1, 0.15) is 44.4 Å². The van der Waals surface area contributed by atoms with Crippen molar-refractivity contribution in [3.05, 3.63) is 70.0 Å². The molecule has 5 nitrogen and oxygen atoms in total. The second-order valence-electron chi connectivity index (χ2n) is 7.31. The third kappa shape index (κ3) is 4.88. The third-order valence-electron chi connectivity index (χ3n) is 5.05. The molecule has 152 valence electrons. The maximum atomic E-state index is 13.0. The fourth-order valence-electron chi connectivity index (χ4n) is 3.03. The summed E-state index contributed by atoms with van der Waals surface area (Å²) in [6.45, 7) is 8.40. The molecule has 2 aromatic carbocycles. The van der Waals surface area contributed by atoms with Crippen molar-refractivity contribution in [1.29, 1.82) is 0 Å². The number of nitrogens with zero attached hydrogens (tertiary/aromatic N) is 2. The number of rotatable bonds is 7. The molecule has 1 heterocycles. The van der Waals surface area contributed by atoms with E-state index in [1.54, 1.807) is 10.6 Å². The van der Waals surface area contributed by atoms with Crippen LogP contribution >= 0.6 is 11.8 Å². The highest BCUT2D eigenvalue weighted by molar-refractivity contribution is 8.00. The zero-order chi connectivity index (χ0) is 21.0. The van der Waals surface area contributed by atoms with Crippen LogP contribution in [0, 0.1) is 6.92 Å². The van der Waals surface area contributed by atoms with Gasteiger partial charge in [0, 0.05) is 12.6 Å². The van der Waals surface area contributed by atoms with Crippen molar-refractivity contribution in [1.82, 2.24) is 14.9 Å². The van der Waals surface area contributed by atoms with Crippen molar-refractivity contribution < 1.29 is 4.79 Å². The topological polar surface area (TPSA) is 64.0 Å². The maximum absolute atomic E-state index is 13.0. The van der Waals surface area contributed by atoms with Crippen LogP contribution in [0.3, 0.4) is 0 Å². The molecule has 0 fully saturated rings. The average molecular weight is 410 g/mol. The van der Waals surface area contributed by atoms with Gasteiger partial charge >= 0.3 is 0 Å². The van der Waals surface area contributed by atoms with Crippen molar-refractivity contribution >= 4 is 28.6 Å². The van der Waals surface area contributed by atoms with E-state index in [0.29, 0.717) is 22.6 Å². The molecule has 0 unspecified atom stereocenters. The van der Waals surface area contributed by atoms with Crippen molar-refractivity contribution in [3.8, 4) is 0 Å². The number of para-hydroxylation sites is 1. The largest absolute Gasteiger partial charge is 0.351 e. The Labute approximate surface area is 175 Å². The van der Waals surface area contributed by atoms with Crippen molar-refractivity contribution in [2.24, 2.45) is 0 Å². The number of amides is 1. The number of carbonyl (C=O) groups excluding carboxylic acids is 1. The van der Waals surface area contributed by atoms with Gasteiger partial charge in [-0.1, -0.05) is 60.6 Å². The number of hydrogen-bond acceptors (Lipinski definition) is 4. The molecular formula is C23H27N3O2S. The van der Waals surface area contributed by atoms with Gasteiger partial charge in [-0.15, -0.1) is 0 Å². The predicted molar refractivity (Wildman–Crippen MR) is 119 cm³/mol. The van der Waals surface area contributed by atoms with Gasteiger partial charge in [0.05, 0.1) is 16.2 Å². The Morgan fingerprint density at radius 2 is 1.83 bits per heavy atom. The first-order chi connectivity index (χ1) is 13.9. The molecule has 3 rings (SSSR count). The number of fused-ring (bicyclic) bond motifs is 1. The monoisotopic (exact) mass is 409 g/mol. The standard InChI is InChI=1S/C23H27N3O2S/c1-5-16(3)26-22(28)19-8-6-7-9-20(19)25-23(26)29-17(4)21(27)24-14-18-12-10-15(2)11-13-18/h6-13,16-17H,5,14H2,1-4H3,(H,24,27)/t16-,17+/m1/s1. The fraction of sp³-hybridized carbons (Fsp3) is 0.348. The molecule has 0 spiro atoms. The lowest BCUT2D eigenvalue weighted by Gasteiger charge is -2.20. The van der Waals surface area contributed by atoms with Gasteiger partial charge in [0.1, 0.15) is 0 Å². The zero-order valence-electron chi connectivity index (χ0n) is 17.3. The smallest absolute Gasteiger partial charge is 0.262 e. The van der Waals surface area contributed by atoms with E-state index in [1.807, 2.05) is 70.2 Å². The van der Waals surface area contributed by atoms with E-state index in [0.717, 1.165) is 12.0 Å². The molecule has 0 bridgehead atoms. The summed E-state index contributed by atoms with van der Waals surface area (Å²) in [5.41, 5.74) is 2.85. The first kappa shape index (κ1) is 21.1. The van der Waals surface area contributed by atoms with Gasteiger partial charge in [0.25, 0.3) is 5.56 Å². The van der Waals surface area contributed by atoms with E-state index in [2.05, 4.69) is 5.32 Å². The van der Waals surface area contributed by atoms with Crippen LogP contribution in [0.25, 0.3) is 10.9 Å². The van der Waals surface area contributed by atoms with E-state index >= 15 is 0 Å². The maximum Gasteiger partial charge on any atom is 0.262 e. The summed E-state index contributed by atoms with van der Waals surface area (Å²) >= 11 is 1.33. The van der Waals surface area contributed by atoms with Gasteiger partial charge in [0.15, 0.2) is 5.16 Å². The van der Waals surface area contributed by atoms with E-state index in [-0.39, 0.29) is 22.8 Å². The number of hydrogen-bond donors (Lipinski definition) is 1. The van der Waals surface area contributed by atoms with E-state index in [9.17, 15) is 9.59 Å². The number of nitrogens with one attached hydrogen (secondary N) is 1. The van der Waals surface area contributed by atoms with Crippen molar-refractivity contribution in [2.45, 2.75) is 57.1 Å². The van der Waals surface area contributed by atoms with Crippen LogP contribution in [0.2, 0.25) is 0 Å². The Balaban J connectivity index is 1.81. The molecule has 1 amide bonds. The van der Waals surface area contributed by atoms with E-state index in [4.69, 9.17) is 4.98 Å². The lowest BCUT2D eigenvalue weighted by molar-refractivity contribution is -0.120. The SMILES string of the molecule is CC[C@@H](C)n1c(S[C@@H](C)C(=O)NCc2ccc(C)cc2)nc2ccccc2c1=O. The molecule has 29 heavy (non-hydrogen) atoms. The lowest BCUT2D eigenvalue weighted by atomic mass is 10.1. The van der Waals surface area contributed by atoms with Gasteiger partial charge < -0.3 is 5.32 Å². The highest BCUT2D eigenvalue weighted by Crippen LogP contribution is 2.26. The molecular weight excluding hydrogens is 382 g/mol. The highest BCUT2D eigenvalue weighted by atomic mass is 32.2. The summed E-state index contributed by atoms with van der Waals surface area (Å²) in [7, 11) is 0. The molecule has 0 saturated carbocycles. The minimum absolute atomic E-state index is 0.00456. The number of thioether (sulfide) groups is 1. The summed E-state index contributed by atoms with van der Waals surface area (Å²) < 4.78 is 1.72. The summed E-state index contributed by atoms with van der Waals surface area (Å²) in [4.78, 5) is 30.4. The lowest BCUT2D eigenvalue weighted by Crippen LogP contribution is -2.32. The quantitative estimate of drug-likeness (QED) is 0.462. The first-order valence-corrected chi connectivity index (χ1v) is 10.8. The summed E-state index contributed by atoms with van der Waals surface area (Å²) in [6, 6.07) is 15.4. The van der Waals surface area contributed by atoms with Gasteiger partial charge in [0.2, 0.25) is 5.91 Å². The Hall–Kier alpha value is -2.60. The van der Waals surface area contributed by atoms with Gasteiger partial charge in [-0.2, -0.15) is 0 Å². The van der Waals surface area contributed by atoms with Crippen molar-refractivity contribution in [3.63, 3.8) is 0 Å². The fourth-order valence-corrected chi connectivity index (χ4v) is 4.06. The molecule has 0 aliphatic heterocycles. The Morgan fingerprint density at radius 3 is 2.52 bits per heavy atom. The summed E-state index contributed by atoms with van der Waals surface area (Å²) in [6.07, 6.45) is 0.807. The number of carbonyl (C=O) groups is 1. The Kier molecular flexibility index (Phi) is 6.75. The summed E-state index contributed by atoms with van der Waals surface area (Å²) in [5, 5.41) is 3.80. The predicted octanol–water partition coefficient (Wildman–Crippen LogP) is 4.47. The van der Waals surface area contributed by atoms with Crippen LogP contribution in [-0.2, 0) is 11.3 Å². The van der Waals surface area contributed by atoms with E-state index < -0.39 is 0 Å². The van der Waals surface area contributed by atoms with Crippen LogP contribution in [-0.4, -0.2) is 20.7 Å². The Morgan fingerprint density at radius 1 is 1.14 bits per heavy atom. The molecule has 1 aromatic heterocycles. The minimum atomic E-state index is -0.371. The molecule has 0 aliphatic rings. The summed E-state index contributed by atoms with van der Waals surface area (Å²) in [5.74, 6) is -0.0753. The third-order valence-corrected chi connectivity index (χ3v) is 6.11. The molecule has 1 N–H and O–H groups in total. The highest BCUT2D eigenvalue weighted by Gasteiger charge is 2.21. The normalized spacial score (nSPS) is 13.2. The Bertz CT molecular complexity index is 1060. The van der Waals surface area contributed by atoms with Crippen LogP contribution in [0.15, 0.2) is 58.5 Å². The number of benzene rings is 2. The first-order valence-electron chi connectivity index (χ1n) is 9.92. The second kappa shape index (κ2) is 9.27. The van der Waals surface area contributed by atoms with Crippen LogP contribution in [0.5, 0.6) is 0 Å². The van der Waals surface area contributed by atoms with E-state index in [1.165, 1.54) is 17.3 Å². The minimum Gasteiger partial charge on any atom is -0.351 e. The number of aryl methyl sites for hydroxylation is 1.